The minimum absolute atomic E-state index is 0.00643. The van der Waals surface area contributed by atoms with E-state index in [0.717, 1.165) is 17.8 Å². The monoisotopic (exact) mass is 374 g/mol. The fraction of sp³-hybridized carbons (Fsp3) is 0.353. The van der Waals surface area contributed by atoms with Crippen LogP contribution in [0.2, 0.25) is 5.02 Å². The lowest BCUT2D eigenvalue weighted by Gasteiger charge is -2.12. The average Bonchev–Trinajstić information content (AvgIpc) is 3.03. The van der Waals surface area contributed by atoms with Gasteiger partial charge in [-0.15, -0.1) is 0 Å². The fourth-order valence-corrected chi connectivity index (χ4v) is 2.73. The third kappa shape index (κ3) is 3.97. The number of anilines is 3. The number of nitrogens with zero attached hydrogens (tertiary/aromatic N) is 4. The number of imidazole rings is 1. The Morgan fingerprint density at radius 3 is 2.81 bits per heavy atom. The molecule has 2 aromatic heterocycles. The highest BCUT2D eigenvalue weighted by molar-refractivity contribution is 6.30. The smallest absolute Gasteiger partial charge is 0.226 e. The zero-order valence-electron chi connectivity index (χ0n) is 14.8. The van der Waals surface area contributed by atoms with E-state index in [2.05, 4.69) is 25.6 Å². The molecule has 0 fully saturated rings. The van der Waals surface area contributed by atoms with Crippen LogP contribution < -0.4 is 22.1 Å². The molecule has 0 saturated carbocycles. The van der Waals surface area contributed by atoms with E-state index in [9.17, 15) is 0 Å². The molecule has 26 heavy (non-hydrogen) atoms. The summed E-state index contributed by atoms with van der Waals surface area (Å²) in [5, 5.41) is 7.10. The largest absolute Gasteiger partial charge is 0.398 e. The van der Waals surface area contributed by atoms with Crippen LogP contribution in [0, 0.1) is 0 Å². The third-order valence-electron chi connectivity index (χ3n) is 3.94. The van der Waals surface area contributed by atoms with Gasteiger partial charge in [-0.25, -0.2) is 4.98 Å². The minimum Gasteiger partial charge on any atom is -0.398 e. The number of hydrogen-bond donors (Lipinski definition) is 4. The molecule has 9 heteroatoms. The van der Waals surface area contributed by atoms with Crippen molar-refractivity contribution in [3.05, 3.63) is 35.1 Å². The standard InChI is InChI=1S/C17H23ClN8/c1-3-26-9-23-14-15(21-8-11-6-12(18)4-5-13(11)20)24-17(25-16(14)26)22-7-10(2)19/h4-6,9-10H,3,7-8,19-20H2,1-2H3,(H2,21,22,24,25). The number of aryl methyl sites for hydroxylation is 1. The maximum Gasteiger partial charge on any atom is 0.226 e. The van der Waals surface area contributed by atoms with Crippen molar-refractivity contribution in [2.45, 2.75) is 33.0 Å². The summed E-state index contributed by atoms with van der Waals surface area (Å²) >= 11 is 6.07. The summed E-state index contributed by atoms with van der Waals surface area (Å²) in [6.07, 6.45) is 1.76. The van der Waals surface area contributed by atoms with Gasteiger partial charge < -0.3 is 26.7 Å². The summed E-state index contributed by atoms with van der Waals surface area (Å²) in [7, 11) is 0. The van der Waals surface area contributed by atoms with Gasteiger partial charge in [-0.05, 0) is 37.6 Å². The van der Waals surface area contributed by atoms with Crippen molar-refractivity contribution < 1.29 is 0 Å². The van der Waals surface area contributed by atoms with E-state index in [0.29, 0.717) is 41.1 Å². The van der Waals surface area contributed by atoms with Gasteiger partial charge in [0.05, 0.1) is 6.33 Å². The van der Waals surface area contributed by atoms with E-state index >= 15 is 0 Å². The molecule has 138 valence electrons. The van der Waals surface area contributed by atoms with Crippen molar-refractivity contribution in [3.63, 3.8) is 0 Å². The van der Waals surface area contributed by atoms with Crippen molar-refractivity contribution in [2.75, 3.05) is 22.9 Å². The van der Waals surface area contributed by atoms with Gasteiger partial charge in [-0.1, -0.05) is 11.6 Å². The quantitative estimate of drug-likeness (QED) is 0.469. The first-order valence-corrected chi connectivity index (χ1v) is 8.85. The first kappa shape index (κ1) is 18.2. The number of rotatable bonds is 7. The normalized spacial score (nSPS) is 12.3. The molecular weight excluding hydrogens is 352 g/mol. The molecule has 3 aromatic rings. The van der Waals surface area contributed by atoms with Gasteiger partial charge in [0, 0.05) is 36.4 Å². The Morgan fingerprint density at radius 2 is 2.08 bits per heavy atom. The summed E-state index contributed by atoms with van der Waals surface area (Å²) < 4.78 is 1.97. The maximum absolute atomic E-state index is 6.07. The number of nitrogens with two attached hydrogens (primary N) is 2. The molecule has 0 bridgehead atoms. The first-order chi connectivity index (χ1) is 12.5. The Kier molecular flexibility index (Phi) is 5.43. The average molecular weight is 375 g/mol. The Bertz CT molecular complexity index is 905. The molecule has 0 aliphatic heterocycles. The molecule has 6 N–H and O–H groups in total. The second-order valence-electron chi connectivity index (χ2n) is 6.15. The van der Waals surface area contributed by atoms with E-state index in [4.69, 9.17) is 23.1 Å². The van der Waals surface area contributed by atoms with E-state index < -0.39 is 0 Å². The van der Waals surface area contributed by atoms with Crippen molar-refractivity contribution in [1.29, 1.82) is 0 Å². The maximum atomic E-state index is 6.07. The molecule has 0 radical (unpaired) electrons. The topological polar surface area (TPSA) is 120 Å². The van der Waals surface area contributed by atoms with Crippen molar-refractivity contribution in [1.82, 2.24) is 19.5 Å². The number of benzene rings is 1. The summed E-state index contributed by atoms with van der Waals surface area (Å²) in [5.41, 5.74) is 14.9. The molecule has 0 amide bonds. The SMILES string of the molecule is CCn1cnc2c(NCc3cc(Cl)ccc3N)nc(NCC(C)N)nc21. The molecule has 8 nitrogen and oxygen atoms in total. The fourth-order valence-electron chi connectivity index (χ4n) is 2.54. The molecule has 3 rings (SSSR count). The second-order valence-corrected chi connectivity index (χ2v) is 6.59. The molecule has 0 aliphatic rings. The van der Waals surface area contributed by atoms with Crippen molar-refractivity contribution in [2.24, 2.45) is 5.73 Å². The van der Waals surface area contributed by atoms with Gasteiger partial charge in [-0.3, -0.25) is 0 Å². The molecule has 0 saturated heterocycles. The van der Waals surface area contributed by atoms with Crippen LogP contribution in [0.15, 0.2) is 24.5 Å². The van der Waals surface area contributed by atoms with Crippen LogP contribution >= 0.6 is 11.6 Å². The molecular formula is C17H23ClN8. The number of halogens is 1. The minimum atomic E-state index is -0.00643. The molecule has 0 spiro atoms. The number of nitrogens with one attached hydrogen (secondary N) is 2. The van der Waals surface area contributed by atoms with Gasteiger partial charge in [-0.2, -0.15) is 9.97 Å². The lowest BCUT2D eigenvalue weighted by molar-refractivity contribution is 0.766. The number of nitrogen functional groups attached to an aromatic ring is 1. The Balaban J connectivity index is 1.92. The highest BCUT2D eigenvalue weighted by Gasteiger charge is 2.13. The lowest BCUT2D eigenvalue weighted by atomic mass is 10.2. The lowest BCUT2D eigenvalue weighted by Crippen LogP contribution is -2.26. The van der Waals surface area contributed by atoms with Gasteiger partial charge >= 0.3 is 0 Å². The van der Waals surface area contributed by atoms with Crippen LogP contribution in [-0.2, 0) is 13.1 Å². The third-order valence-corrected chi connectivity index (χ3v) is 4.17. The molecule has 2 heterocycles. The number of fused-ring (bicyclic) bond motifs is 1. The van der Waals surface area contributed by atoms with Gasteiger partial charge in [0.15, 0.2) is 17.0 Å². The zero-order chi connectivity index (χ0) is 18.7. The highest BCUT2D eigenvalue weighted by atomic mass is 35.5. The van der Waals surface area contributed by atoms with Crippen LogP contribution in [0.4, 0.5) is 17.5 Å². The summed E-state index contributed by atoms with van der Waals surface area (Å²) in [6.45, 7) is 5.78. The summed E-state index contributed by atoms with van der Waals surface area (Å²) in [4.78, 5) is 13.6. The summed E-state index contributed by atoms with van der Waals surface area (Å²) in [5.74, 6) is 1.14. The molecule has 0 aliphatic carbocycles. The predicted molar refractivity (Wildman–Crippen MR) is 106 cm³/mol. The molecule has 1 atom stereocenters. The highest BCUT2D eigenvalue weighted by Crippen LogP contribution is 2.23. The second kappa shape index (κ2) is 7.76. The number of hydrogen-bond acceptors (Lipinski definition) is 7. The molecule has 1 unspecified atom stereocenters. The van der Waals surface area contributed by atoms with Crippen molar-refractivity contribution >= 4 is 40.2 Å². The van der Waals surface area contributed by atoms with Crippen molar-refractivity contribution in [3.8, 4) is 0 Å². The Morgan fingerprint density at radius 1 is 1.27 bits per heavy atom. The Labute approximate surface area is 157 Å². The van der Waals surface area contributed by atoms with Crippen LogP contribution in [-0.4, -0.2) is 32.1 Å². The van der Waals surface area contributed by atoms with Gasteiger partial charge in [0.25, 0.3) is 0 Å². The van der Waals surface area contributed by atoms with Gasteiger partial charge in [0.2, 0.25) is 5.95 Å². The van der Waals surface area contributed by atoms with E-state index in [-0.39, 0.29) is 6.04 Å². The molecule has 1 aromatic carbocycles. The van der Waals surface area contributed by atoms with Crippen LogP contribution in [0.1, 0.15) is 19.4 Å². The van der Waals surface area contributed by atoms with E-state index in [1.807, 2.05) is 24.5 Å². The number of aromatic nitrogens is 4. The van der Waals surface area contributed by atoms with Gasteiger partial charge in [0.1, 0.15) is 0 Å². The zero-order valence-corrected chi connectivity index (χ0v) is 15.6. The Hall–Kier alpha value is -2.58. The predicted octanol–water partition coefficient (Wildman–Crippen LogP) is 2.45. The van der Waals surface area contributed by atoms with E-state index in [1.165, 1.54) is 0 Å². The van der Waals surface area contributed by atoms with Crippen LogP contribution in [0.3, 0.4) is 0 Å². The summed E-state index contributed by atoms with van der Waals surface area (Å²) in [6, 6.07) is 5.38. The first-order valence-electron chi connectivity index (χ1n) is 8.48. The van der Waals surface area contributed by atoms with Crippen LogP contribution in [0.5, 0.6) is 0 Å². The van der Waals surface area contributed by atoms with Crippen LogP contribution in [0.25, 0.3) is 11.2 Å². The van der Waals surface area contributed by atoms with E-state index in [1.54, 1.807) is 18.5 Å².